The minimum absolute atomic E-state index is 0.346. The summed E-state index contributed by atoms with van der Waals surface area (Å²) in [7, 11) is 2.00. The fraction of sp³-hybridized carbons (Fsp3) is 0.438. The summed E-state index contributed by atoms with van der Waals surface area (Å²) in [6.07, 6.45) is 1.04. The number of nitrogens with zero attached hydrogens (tertiary/aromatic N) is 2. The van der Waals surface area contributed by atoms with E-state index in [1.807, 2.05) is 29.9 Å². The van der Waals surface area contributed by atoms with Gasteiger partial charge in [-0.2, -0.15) is 5.10 Å². The monoisotopic (exact) mass is 369 g/mol. The zero-order valence-corrected chi connectivity index (χ0v) is 15.2. The zero-order chi connectivity index (χ0) is 15.6. The molecule has 21 heavy (non-hydrogen) atoms. The van der Waals surface area contributed by atoms with Gasteiger partial charge in [-0.3, -0.25) is 4.68 Å². The molecule has 2 rings (SSSR count). The van der Waals surface area contributed by atoms with Gasteiger partial charge >= 0.3 is 0 Å². The summed E-state index contributed by atoms with van der Waals surface area (Å²) < 4.78 is 3.03. The first-order valence-electron chi connectivity index (χ1n) is 7.13. The van der Waals surface area contributed by atoms with E-state index in [1.54, 1.807) is 0 Å². The molecule has 5 heteroatoms. The summed E-state index contributed by atoms with van der Waals surface area (Å²) in [5.41, 5.74) is 4.66. The molecule has 0 saturated heterocycles. The molecule has 0 aliphatic heterocycles. The van der Waals surface area contributed by atoms with Crippen LogP contribution in [-0.4, -0.2) is 16.8 Å². The highest BCUT2D eigenvalue weighted by molar-refractivity contribution is 9.10. The molecule has 1 atom stereocenters. The molecule has 1 unspecified atom stereocenters. The van der Waals surface area contributed by atoms with Crippen molar-refractivity contribution in [3.8, 4) is 0 Å². The minimum Gasteiger partial charge on any atom is -0.313 e. The van der Waals surface area contributed by atoms with Crippen LogP contribution in [0.4, 0.5) is 0 Å². The molecule has 1 heterocycles. The Hall–Kier alpha value is -0.840. The molecule has 0 fully saturated rings. The molecule has 0 bridgehead atoms. The summed E-state index contributed by atoms with van der Waals surface area (Å²) in [5.74, 6) is 0. The number of rotatable bonds is 5. The van der Waals surface area contributed by atoms with Crippen LogP contribution in [0, 0.1) is 13.8 Å². The number of benzene rings is 1. The summed E-state index contributed by atoms with van der Waals surface area (Å²) in [4.78, 5) is 0. The van der Waals surface area contributed by atoms with Crippen molar-refractivity contribution in [3.05, 3.63) is 50.2 Å². The fourth-order valence-corrected chi connectivity index (χ4v) is 3.47. The van der Waals surface area contributed by atoms with Crippen LogP contribution in [0.15, 0.2) is 22.7 Å². The van der Waals surface area contributed by atoms with Crippen LogP contribution in [0.1, 0.15) is 41.9 Å². The predicted octanol–water partition coefficient (Wildman–Crippen LogP) is 4.63. The maximum Gasteiger partial charge on any atom is 0.0677 e. The number of hydrogen-bond donors (Lipinski definition) is 1. The van der Waals surface area contributed by atoms with E-state index in [9.17, 15) is 0 Å². The zero-order valence-electron chi connectivity index (χ0n) is 12.9. The summed E-state index contributed by atoms with van der Waals surface area (Å²) in [6, 6.07) is 6.32. The molecule has 2 aromatic rings. The molecule has 0 spiro atoms. The number of nitrogens with one attached hydrogen (secondary N) is 1. The predicted molar refractivity (Wildman–Crippen MR) is 92.0 cm³/mol. The lowest BCUT2D eigenvalue weighted by Gasteiger charge is -2.15. The number of aryl methyl sites for hydroxylation is 1. The van der Waals surface area contributed by atoms with Gasteiger partial charge < -0.3 is 5.32 Å². The van der Waals surface area contributed by atoms with Crippen molar-refractivity contribution in [2.75, 3.05) is 7.05 Å². The molecule has 0 radical (unpaired) electrons. The first-order chi connectivity index (χ1) is 9.97. The molecule has 1 aromatic heterocycles. The van der Waals surface area contributed by atoms with Crippen LogP contribution < -0.4 is 5.32 Å². The first kappa shape index (κ1) is 16.5. The highest BCUT2D eigenvalue weighted by Gasteiger charge is 2.18. The number of halogens is 2. The Labute approximate surface area is 139 Å². The second-order valence-corrected chi connectivity index (χ2v) is 6.55. The summed E-state index contributed by atoms with van der Waals surface area (Å²) in [6.45, 7) is 7.08. The van der Waals surface area contributed by atoms with Gasteiger partial charge in [-0.15, -0.1) is 0 Å². The molecule has 0 saturated carbocycles. The molecule has 1 N–H and O–H groups in total. The maximum absolute atomic E-state index is 6.31. The van der Waals surface area contributed by atoms with Crippen LogP contribution in [0.2, 0.25) is 5.02 Å². The van der Waals surface area contributed by atoms with Gasteiger partial charge in [-0.1, -0.05) is 40.5 Å². The van der Waals surface area contributed by atoms with E-state index >= 15 is 0 Å². The lowest BCUT2D eigenvalue weighted by molar-refractivity contribution is 0.568. The third kappa shape index (κ3) is 3.50. The normalized spacial score (nSPS) is 12.7. The van der Waals surface area contributed by atoms with Crippen molar-refractivity contribution in [1.29, 1.82) is 0 Å². The van der Waals surface area contributed by atoms with Gasteiger partial charge in [0.1, 0.15) is 0 Å². The van der Waals surface area contributed by atoms with Gasteiger partial charge in [0.15, 0.2) is 0 Å². The Balaban J connectivity index is 2.35. The number of aromatic nitrogens is 2. The van der Waals surface area contributed by atoms with Gasteiger partial charge in [0, 0.05) is 26.8 Å². The standard InChI is InChI=1S/C16H21BrClN3/c1-5-15(19-4)16-10(2)20-21(11(16)3)9-12-6-7-13(17)8-14(12)18/h6-8,15,19H,5,9H2,1-4H3. The van der Waals surface area contributed by atoms with E-state index in [0.29, 0.717) is 12.6 Å². The van der Waals surface area contributed by atoms with Gasteiger partial charge in [0.25, 0.3) is 0 Å². The van der Waals surface area contributed by atoms with Crippen LogP contribution in [0.5, 0.6) is 0 Å². The third-order valence-electron chi connectivity index (χ3n) is 3.88. The summed E-state index contributed by atoms with van der Waals surface area (Å²) in [5, 5.41) is 8.82. The largest absolute Gasteiger partial charge is 0.313 e. The Bertz CT molecular complexity index is 633. The van der Waals surface area contributed by atoms with Gasteiger partial charge in [-0.05, 0) is 45.0 Å². The smallest absolute Gasteiger partial charge is 0.0677 e. The molecule has 0 amide bonds. The molecule has 114 valence electrons. The molecular formula is C16H21BrClN3. The average molecular weight is 371 g/mol. The van der Waals surface area contributed by atoms with E-state index in [0.717, 1.165) is 27.2 Å². The van der Waals surface area contributed by atoms with E-state index in [4.69, 9.17) is 16.7 Å². The van der Waals surface area contributed by atoms with Crippen molar-refractivity contribution >= 4 is 27.5 Å². The fourth-order valence-electron chi connectivity index (χ4n) is 2.73. The highest BCUT2D eigenvalue weighted by Crippen LogP contribution is 2.26. The maximum atomic E-state index is 6.31. The van der Waals surface area contributed by atoms with E-state index in [2.05, 4.69) is 42.0 Å². The second-order valence-electron chi connectivity index (χ2n) is 5.23. The van der Waals surface area contributed by atoms with Crippen molar-refractivity contribution in [3.63, 3.8) is 0 Å². The van der Waals surface area contributed by atoms with Crippen LogP contribution in [0.25, 0.3) is 0 Å². The molecule has 0 aliphatic rings. The Morgan fingerprint density at radius 1 is 1.38 bits per heavy atom. The first-order valence-corrected chi connectivity index (χ1v) is 8.30. The molecule has 0 aliphatic carbocycles. The quantitative estimate of drug-likeness (QED) is 0.831. The molecular weight excluding hydrogens is 350 g/mol. The minimum atomic E-state index is 0.346. The van der Waals surface area contributed by atoms with Gasteiger partial charge in [0.2, 0.25) is 0 Å². The third-order valence-corrected chi connectivity index (χ3v) is 4.72. The number of hydrogen-bond acceptors (Lipinski definition) is 2. The van der Waals surface area contributed by atoms with Crippen molar-refractivity contribution in [2.45, 2.75) is 39.8 Å². The van der Waals surface area contributed by atoms with Crippen LogP contribution in [-0.2, 0) is 6.54 Å². The second kappa shape index (κ2) is 6.95. The van der Waals surface area contributed by atoms with E-state index in [1.165, 1.54) is 11.3 Å². The highest BCUT2D eigenvalue weighted by atomic mass is 79.9. The average Bonchev–Trinajstić information content (AvgIpc) is 2.71. The van der Waals surface area contributed by atoms with Gasteiger partial charge in [-0.25, -0.2) is 0 Å². The van der Waals surface area contributed by atoms with Crippen LogP contribution >= 0.6 is 27.5 Å². The lowest BCUT2D eigenvalue weighted by Crippen LogP contribution is -2.17. The Morgan fingerprint density at radius 3 is 2.67 bits per heavy atom. The Morgan fingerprint density at radius 2 is 2.10 bits per heavy atom. The SMILES string of the molecule is CCC(NC)c1c(C)nn(Cc2ccc(Br)cc2Cl)c1C. The van der Waals surface area contributed by atoms with Crippen LogP contribution in [0.3, 0.4) is 0 Å². The van der Waals surface area contributed by atoms with E-state index in [-0.39, 0.29) is 0 Å². The topological polar surface area (TPSA) is 29.9 Å². The van der Waals surface area contributed by atoms with E-state index < -0.39 is 0 Å². The van der Waals surface area contributed by atoms with Gasteiger partial charge in [0.05, 0.1) is 12.2 Å². The van der Waals surface area contributed by atoms with Crippen molar-refractivity contribution in [1.82, 2.24) is 15.1 Å². The van der Waals surface area contributed by atoms with Crippen molar-refractivity contribution < 1.29 is 0 Å². The van der Waals surface area contributed by atoms with Crippen molar-refractivity contribution in [2.24, 2.45) is 0 Å². The molecule has 3 nitrogen and oxygen atoms in total. The summed E-state index contributed by atoms with van der Waals surface area (Å²) >= 11 is 9.75. The lowest BCUT2D eigenvalue weighted by atomic mass is 10.0. The Kier molecular flexibility index (Phi) is 5.47. The molecule has 1 aromatic carbocycles.